The molecule has 2 amide bonds. The molecule has 2 rings (SSSR count). The molecule has 6 heteroatoms. The molecular formula is C15H20N2O4. The van der Waals surface area contributed by atoms with Gasteiger partial charge in [0.05, 0.1) is 12.2 Å². The van der Waals surface area contributed by atoms with Crippen LogP contribution in [0.1, 0.15) is 34.3 Å². The summed E-state index contributed by atoms with van der Waals surface area (Å²) in [6.45, 7) is 3.75. The summed E-state index contributed by atoms with van der Waals surface area (Å²) < 4.78 is 0. The Morgan fingerprint density at radius 1 is 1.33 bits per heavy atom. The van der Waals surface area contributed by atoms with Crippen LogP contribution in [-0.4, -0.2) is 46.3 Å². The third-order valence-corrected chi connectivity index (χ3v) is 3.74. The van der Waals surface area contributed by atoms with E-state index in [-0.39, 0.29) is 30.8 Å². The van der Waals surface area contributed by atoms with Gasteiger partial charge in [0, 0.05) is 18.3 Å². The lowest BCUT2D eigenvalue weighted by molar-refractivity contribution is 0.0696. The van der Waals surface area contributed by atoms with Gasteiger partial charge in [-0.1, -0.05) is 0 Å². The zero-order valence-electron chi connectivity index (χ0n) is 12.2. The van der Waals surface area contributed by atoms with E-state index in [9.17, 15) is 14.7 Å². The molecule has 6 nitrogen and oxygen atoms in total. The summed E-state index contributed by atoms with van der Waals surface area (Å²) in [5, 5.41) is 20.9. The van der Waals surface area contributed by atoms with E-state index >= 15 is 0 Å². The van der Waals surface area contributed by atoms with Gasteiger partial charge in [-0.15, -0.1) is 0 Å². The van der Waals surface area contributed by atoms with Gasteiger partial charge >= 0.3 is 12.0 Å². The first-order valence-corrected chi connectivity index (χ1v) is 6.97. The quantitative estimate of drug-likeness (QED) is 0.774. The highest BCUT2D eigenvalue weighted by Gasteiger charge is 2.32. The van der Waals surface area contributed by atoms with Gasteiger partial charge < -0.3 is 20.4 Å². The Morgan fingerprint density at radius 2 is 2.00 bits per heavy atom. The van der Waals surface area contributed by atoms with Gasteiger partial charge in [0.1, 0.15) is 0 Å². The van der Waals surface area contributed by atoms with Gasteiger partial charge in [-0.2, -0.15) is 0 Å². The smallest absolute Gasteiger partial charge is 0.336 e. The number of carboxylic acid groups (broad SMARTS) is 1. The Balaban J connectivity index is 2.18. The first-order valence-electron chi connectivity index (χ1n) is 6.97. The van der Waals surface area contributed by atoms with E-state index < -0.39 is 5.97 Å². The van der Waals surface area contributed by atoms with Crippen molar-refractivity contribution in [2.75, 3.05) is 18.5 Å². The minimum Gasteiger partial charge on any atom is -0.478 e. The van der Waals surface area contributed by atoms with Crippen LogP contribution >= 0.6 is 0 Å². The minimum atomic E-state index is -1.01. The Bertz CT molecular complexity index is 567. The molecule has 0 radical (unpaired) electrons. The van der Waals surface area contributed by atoms with E-state index in [1.54, 1.807) is 17.9 Å². The van der Waals surface area contributed by atoms with E-state index in [1.165, 1.54) is 6.07 Å². The largest absolute Gasteiger partial charge is 0.478 e. The number of aliphatic hydroxyl groups is 1. The monoisotopic (exact) mass is 292 g/mol. The number of carboxylic acids is 1. The van der Waals surface area contributed by atoms with E-state index in [0.29, 0.717) is 11.3 Å². The summed E-state index contributed by atoms with van der Waals surface area (Å²) in [6, 6.07) is 3.10. The highest BCUT2D eigenvalue weighted by atomic mass is 16.4. The zero-order valence-corrected chi connectivity index (χ0v) is 12.2. The lowest BCUT2D eigenvalue weighted by atomic mass is 10.0. The molecule has 0 aliphatic heterocycles. The molecule has 1 aliphatic rings. The lowest BCUT2D eigenvalue weighted by Gasteiger charge is -2.22. The van der Waals surface area contributed by atoms with Crippen LogP contribution in [-0.2, 0) is 0 Å². The second kappa shape index (κ2) is 6.13. The number of rotatable bonds is 5. The fourth-order valence-corrected chi connectivity index (χ4v) is 2.29. The van der Waals surface area contributed by atoms with Crippen molar-refractivity contribution >= 4 is 17.7 Å². The number of aromatic carboxylic acids is 1. The van der Waals surface area contributed by atoms with Crippen molar-refractivity contribution in [3.8, 4) is 0 Å². The van der Waals surface area contributed by atoms with Gasteiger partial charge in [0.15, 0.2) is 0 Å². The van der Waals surface area contributed by atoms with Crippen LogP contribution in [0, 0.1) is 13.8 Å². The number of urea groups is 1. The first-order chi connectivity index (χ1) is 9.93. The van der Waals surface area contributed by atoms with Crippen molar-refractivity contribution < 1.29 is 19.8 Å². The summed E-state index contributed by atoms with van der Waals surface area (Å²) in [6.07, 6.45) is 1.89. The van der Waals surface area contributed by atoms with Gasteiger partial charge in [-0.25, -0.2) is 9.59 Å². The third-order valence-electron chi connectivity index (χ3n) is 3.74. The molecule has 114 valence electrons. The molecule has 0 aromatic heterocycles. The number of amides is 2. The fourth-order valence-electron chi connectivity index (χ4n) is 2.29. The summed E-state index contributed by atoms with van der Waals surface area (Å²) in [5.74, 6) is -1.01. The topological polar surface area (TPSA) is 89.9 Å². The number of nitrogens with one attached hydrogen (secondary N) is 1. The lowest BCUT2D eigenvalue weighted by Crippen LogP contribution is -2.38. The molecule has 3 N–H and O–H groups in total. The number of hydrogen-bond donors (Lipinski definition) is 3. The number of anilines is 1. The Morgan fingerprint density at radius 3 is 2.52 bits per heavy atom. The highest BCUT2D eigenvalue weighted by Crippen LogP contribution is 2.27. The number of carbonyl (C=O) groups excluding carboxylic acids is 1. The summed E-state index contributed by atoms with van der Waals surface area (Å²) in [5.41, 5.74) is 2.15. The van der Waals surface area contributed by atoms with Gasteiger partial charge in [-0.3, -0.25) is 0 Å². The average Bonchev–Trinajstić information content (AvgIpc) is 3.23. The standard InChI is InChI=1S/C15H20N2O4/c1-9-7-11(8-13(10(9)2)14(19)20)16-15(21)17(5-6-18)12-3-4-12/h7-8,12,18H,3-6H2,1-2H3,(H,16,21)(H,19,20). The van der Waals surface area contributed by atoms with Crippen LogP contribution in [0.25, 0.3) is 0 Å². The van der Waals surface area contributed by atoms with Crippen molar-refractivity contribution in [2.45, 2.75) is 32.7 Å². The van der Waals surface area contributed by atoms with Crippen molar-refractivity contribution in [3.05, 3.63) is 28.8 Å². The number of hydrogen-bond acceptors (Lipinski definition) is 3. The van der Waals surface area contributed by atoms with Crippen LogP contribution in [0.3, 0.4) is 0 Å². The molecule has 0 bridgehead atoms. The molecule has 0 unspecified atom stereocenters. The maximum Gasteiger partial charge on any atom is 0.336 e. The molecule has 1 fully saturated rings. The first kappa shape index (κ1) is 15.3. The molecule has 0 atom stereocenters. The second-order valence-corrected chi connectivity index (χ2v) is 5.35. The number of carbonyl (C=O) groups is 2. The van der Waals surface area contributed by atoms with Crippen LogP contribution < -0.4 is 5.32 Å². The summed E-state index contributed by atoms with van der Waals surface area (Å²) in [7, 11) is 0. The molecule has 1 saturated carbocycles. The Kier molecular flexibility index (Phi) is 4.47. The summed E-state index contributed by atoms with van der Waals surface area (Å²) >= 11 is 0. The molecule has 0 saturated heterocycles. The van der Waals surface area contributed by atoms with Crippen molar-refractivity contribution in [1.82, 2.24) is 4.90 Å². The predicted molar refractivity (Wildman–Crippen MR) is 78.7 cm³/mol. The maximum absolute atomic E-state index is 12.2. The molecule has 21 heavy (non-hydrogen) atoms. The van der Waals surface area contributed by atoms with E-state index in [4.69, 9.17) is 5.11 Å². The van der Waals surface area contributed by atoms with Crippen LogP contribution in [0.4, 0.5) is 10.5 Å². The molecule has 1 aliphatic carbocycles. The number of aryl methyl sites for hydroxylation is 1. The van der Waals surface area contributed by atoms with E-state index in [1.807, 2.05) is 6.92 Å². The Labute approximate surface area is 123 Å². The third kappa shape index (κ3) is 3.52. The Hall–Kier alpha value is -2.08. The average molecular weight is 292 g/mol. The van der Waals surface area contributed by atoms with E-state index in [0.717, 1.165) is 18.4 Å². The minimum absolute atomic E-state index is 0.0861. The zero-order chi connectivity index (χ0) is 15.6. The number of benzene rings is 1. The van der Waals surface area contributed by atoms with Crippen LogP contribution in [0.5, 0.6) is 0 Å². The SMILES string of the molecule is Cc1cc(NC(=O)N(CCO)C2CC2)cc(C(=O)O)c1C. The maximum atomic E-state index is 12.2. The highest BCUT2D eigenvalue weighted by molar-refractivity contribution is 5.94. The molecule has 1 aromatic rings. The van der Waals surface area contributed by atoms with Crippen molar-refractivity contribution in [2.24, 2.45) is 0 Å². The van der Waals surface area contributed by atoms with Crippen molar-refractivity contribution in [1.29, 1.82) is 0 Å². The molecule has 0 heterocycles. The normalized spacial score (nSPS) is 13.9. The van der Waals surface area contributed by atoms with Gasteiger partial charge in [0.2, 0.25) is 0 Å². The van der Waals surface area contributed by atoms with Crippen LogP contribution in [0.2, 0.25) is 0 Å². The molecular weight excluding hydrogens is 272 g/mol. The predicted octanol–water partition coefficient (Wildman–Crippen LogP) is 1.99. The van der Waals surface area contributed by atoms with E-state index in [2.05, 4.69) is 5.32 Å². The fraction of sp³-hybridized carbons (Fsp3) is 0.467. The van der Waals surface area contributed by atoms with Gasteiger partial charge in [-0.05, 0) is 49.9 Å². The van der Waals surface area contributed by atoms with Gasteiger partial charge in [0.25, 0.3) is 0 Å². The summed E-state index contributed by atoms with van der Waals surface area (Å²) in [4.78, 5) is 25.0. The molecule has 0 spiro atoms. The second-order valence-electron chi connectivity index (χ2n) is 5.35. The van der Waals surface area contributed by atoms with Crippen LogP contribution in [0.15, 0.2) is 12.1 Å². The molecule has 1 aromatic carbocycles. The van der Waals surface area contributed by atoms with Crippen molar-refractivity contribution in [3.63, 3.8) is 0 Å². The number of nitrogens with zero attached hydrogens (tertiary/aromatic N) is 1. The number of aliphatic hydroxyl groups excluding tert-OH is 1.